The van der Waals surface area contributed by atoms with Crippen molar-refractivity contribution in [3.63, 3.8) is 0 Å². The Balaban J connectivity index is 1.78. The van der Waals surface area contributed by atoms with E-state index in [1.165, 1.54) is 37.7 Å². The van der Waals surface area contributed by atoms with E-state index in [4.69, 9.17) is 11.6 Å². The van der Waals surface area contributed by atoms with Crippen LogP contribution in [0.1, 0.15) is 84.3 Å². The Hall–Kier alpha value is -2.07. The van der Waals surface area contributed by atoms with Gasteiger partial charge in [-0.25, -0.2) is 0 Å². The van der Waals surface area contributed by atoms with Gasteiger partial charge in [0.1, 0.15) is 0 Å². The molecule has 1 heterocycles. The maximum absolute atomic E-state index is 13.1. The Morgan fingerprint density at radius 3 is 2.35 bits per heavy atom. The van der Waals surface area contributed by atoms with Crippen LogP contribution in [0.25, 0.3) is 0 Å². The van der Waals surface area contributed by atoms with E-state index in [-0.39, 0.29) is 18.0 Å². The Labute approximate surface area is 190 Å². The number of H-pyrrole nitrogens is 1. The average Bonchev–Trinajstić information content (AvgIpc) is 2.73. The molecular weight excluding hydrogens is 408 g/mol. The number of halogens is 1. The topological polar surface area (TPSA) is 62.0 Å². The van der Waals surface area contributed by atoms with Crippen molar-refractivity contribution in [2.24, 2.45) is 11.8 Å². The van der Waals surface area contributed by atoms with E-state index in [2.05, 4.69) is 24.1 Å². The van der Waals surface area contributed by atoms with Gasteiger partial charge in [-0.1, -0.05) is 44.7 Å². The molecule has 1 aromatic heterocycles. The number of benzene rings is 1. The Morgan fingerprint density at radius 1 is 1.06 bits per heavy atom. The van der Waals surface area contributed by atoms with Crippen molar-refractivity contribution in [1.29, 1.82) is 0 Å². The number of aromatic amines is 1. The molecule has 1 fully saturated rings. The lowest BCUT2D eigenvalue weighted by atomic mass is 9.77. The molecule has 31 heavy (non-hydrogen) atoms. The first-order valence-corrected chi connectivity index (χ1v) is 12.0. The van der Waals surface area contributed by atoms with Gasteiger partial charge in [-0.05, 0) is 86.3 Å². The van der Waals surface area contributed by atoms with Gasteiger partial charge in [0.25, 0.3) is 11.5 Å². The number of hydrogen-bond acceptors (Lipinski definition) is 2. The van der Waals surface area contributed by atoms with Crippen molar-refractivity contribution in [3.8, 4) is 0 Å². The smallest absolute Gasteiger partial charge is 0.253 e. The fourth-order valence-corrected chi connectivity index (χ4v) is 5.26. The summed E-state index contributed by atoms with van der Waals surface area (Å²) < 4.78 is 0. The van der Waals surface area contributed by atoms with Crippen molar-refractivity contribution in [2.45, 2.75) is 79.2 Å². The van der Waals surface area contributed by atoms with Crippen molar-refractivity contribution < 1.29 is 4.79 Å². The van der Waals surface area contributed by atoms with E-state index >= 15 is 0 Å². The molecule has 4 nitrogen and oxygen atoms in total. The summed E-state index contributed by atoms with van der Waals surface area (Å²) >= 11 is 6.44. The molecule has 1 aliphatic carbocycles. The van der Waals surface area contributed by atoms with E-state index in [0.717, 1.165) is 35.6 Å². The normalized spacial score (nSPS) is 18.7. The lowest BCUT2D eigenvalue weighted by molar-refractivity contribution is 0.0949. The highest BCUT2D eigenvalue weighted by Gasteiger charge is 2.23. The second-order valence-electron chi connectivity index (χ2n) is 9.07. The zero-order valence-electron chi connectivity index (χ0n) is 19.2. The summed E-state index contributed by atoms with van der Waals surface area (Å²) in [6.07, 6.45) is 8.16. The molecule has 0 spiro atoms. The van der Waals surface area contributed by atoms with Crippen LogP contribution < -0.4 is 10.9 Å². The molecule has 168 valence electrons. The largest absolute Gasteiger partial charge is 0.348 e. The maximum atomic E-state index is 13.1. The highest BCUT2D eigenvalue weighted by Crippen LogP contribution is 2.34. The van der Waals surface area contributed by atoms with Gasteiger partial charge >= 0.3 is 0 Å². The van der Waals surface area contributed by atoms with Crippen LogP contribution in [-0.4, -0.2) is 10.9 Å². The van der Waals surface area contributed by atoms with Gasteiger partial charge in [-0.2, -0.15) is 0 Å². The van der Waals surface area contributed by atoms with Crippen LogP contribution in [-0.2, 0) is 19.4 Å². The van der Waals surface area contributed by atoms with Crippen LogP contribution in [0.3, 0.4) is 0 Å². The van der Waals surface area contributed by atoms with Crippen molar-refractivity contribution >= 4 is 17.5 Å². The summed E-state index contributed by atoms with van der Waals surface area (Å²) in [6.45, 7) is 8.32. The molecule has 0 aliphatic heterocycles. The number of carbonyl (C=O) groups excluding carboxylic acids is 1. The van der Waals surface area contributed by atoms with Crippen LogP contribution in [0.15, 0.2) is 23.0 Å². The summed E-state index contributed by atoms with van der Waals surface area (Å²) in [7, 11) is 0. The van der Waals surface area contributed by atoms with Gasteiger partial charge < -0.3 is 10.3 Å². The predicted octanol–water partition coefficient (Wildman–Crippen LogP) is 5.90. The van der Waals surface area contributed by atoms with Crippen molar-refractivity contribution in [3.05, 3.63) is 67.1 Å². The van der Waals surface area contributed by atoms with Gasteiger partial charge in [0, 0.05) is 28.4 Å². The lowest BCUT2D eigenvalue weighted by Gasteiger charge is -2.28. The molecular formula is C26H35ClN2O2. The van der Waals surface area contributed by atoms with Crippen LogP contribution in [0.4, 0.5) is 0 Å². The number of pyridine rings is 1. The molecule has 5 heteroatoms. The third-order valence-corrected chi connectivity index (χ3v) is 7.10. The number of hydrogen-bond donors (Lipinski definition) is 2. The molecule has 2 aromatic rings. The minimum absolute atomic E-state index is 0.150. The van der Waals surface area contributed by atoms with E-state index in [0.29, 0.717) is 22.1 Å². The standard InChI is InChI=1S/C26H35ClN2O2/c1-5-18-7-9-19(10-8-18)12-20-13-21(27)14-23(22(20)6-2)25(30)28-15-24-16(3)11-17(4)29-26(24)31/h11,13-14,18-19H,5-10,12,15H2,1-4H3,(H,28,30)(H,29,31). The summed E-state index contributed by atoms with van der Waals surface area (Å²) in [5, 5.41) is 3.55. The highest BCUT2D eigenvalue weighted by atomic mass is 35.5. The number of aromatic nitrogens is 1. The van der Waals surface area contributed by atoms with Gasteiger partial charge in [0.2, 0.25) is 0 Å². The van der Waals surface area contributed by atoms with Crippen LogP contribution in [0, 0.1) is 25.7 Å². The fraction of sp³-hybridized carbons (Fsp3) is 0.538. The van der Waals surface area contributed by atoms with E-state index < -0.39 is 0 Å². The zero-order chi connectivity index (χ0) is 22.5. The lowest BCUT2D eigenvalue weighted by Crippen LogP contribution is -2.29. The van der Waals surface area contributed by atoms with Crippen LogP contribution >= 0.6 is 11.6 Å². The predicted molar refractivity (Wildman–Crippen MR) is 128 cm³/mol. The first-order chi connectivity index (χ1) is 14.8. The van der Waals surface area contributed by atoms with Crippen molar-refractivity contribution in [1.82, 2.24) is 10.3 Å². The second kappa shape index (κ2) is 10.5. The molecule has 0 saturated heterocycles. The highest BCUT2D eigenvalue weighted by molar-refractivity contribution is 6.31. The van der Waals surface area contributed by atoms with Crippen LogP contribution in [0.2, 0.25) is 5.02 Å². The third kappa shape index (κ3) is 5.79. The molecule has 1 aliphatic rings. The minimum Gasteiger partial charge on any atom is -0.348 e. The van der Waals surface area contributed by atoms with Gasteiger partial charge in [0.05, 0.1) is 0 Å². The molecule has 0 atom stereocenters. The summed E-state index contributed by atoms with van der Waals surface area (Å²) in [4.78, 5) is 28.2. The second-order valence-corrected chi connectivity index (χ2v) is 9.51. The SMILES string of the molecule is CCc1c(CC2CCC(CC)CC2)cc(Cl)cc1C(=O)NCc1c(C)cc(C)[nH]c1=O. The number of aryl methyl sites for hydroxylation is 2. The average molecular weight is 443 g/mol. The first kappa shape index (κ1) is 23.6. The molecule has 1 saturated carbocycles. The van der Waals surface area contributed by atoms with Crippen molar-refractivity contribution in [2.75, 3.05) is 0 Å². The Kier molecular flexibility index (Phi) is 7.99. The summed E-state index contributed by atoms with van der Waals surface area (Å²) in [5.74, 6) is 1.36. The monoisotopic (exact) mass is 442 g/mol. The minimum atomic E-state index is -0.172. The Bertz CT molecular complexity index is 988. The fourth-order valence-electron chi connectivity index (χ4n) is 5.02. The quantitative estimate of drug-likeness (QED) is 0.561. The van der Waals surface area contributed by atoms with Crippen LogP contribution in [0.5, 0.6) is 0 Å². The molecule has 1 amide bonds. The zero-order valence-corrected chi connectivity index (χ0v) is 20.0. The molecule has 3 rings (SSSR count). The van der Waals surface area contributed by atoms with Gasteiger partial charge in [-0.15, -0.1) is 0 Å². The number of carbonyl (C=O) groups is 1. The number of amides is 1. The maximum Gasteiger partial charge on any atom is 0.253 e. The van der Waals surface area contributed by atoms with E-state index in [1.807, 2.05) is 26.0 Å². The number of nitrogens with one attached hydrogen (secondary N) is 2. The molecule has 0 bridgehead atoms. The molecule has 1 aromatic carbocycles. The van der Waals surface area contributed by atoms with E-state index in [1.54, 1.807) is 6.07 Å². The molecule has 2 N–H and O–H groups in total. The first-order valence-electron chi connectivity index (χ1n) is 11.6. The van der Waals surface area contributed by atoms with Gasteiger partial charge in [0.15, 0.2) is 0 Å². The molecule has 0 radical (unpaired) electrons. The molecule has 0 unspecified atom stereocenters. The summed E-state index contributed by atoms with van der Waals surface area (Å²) in [5.41, 5.74) is 5.05. The van der Waals surface area contributed by atoms with E-state index in [9.17, 15) is 9.59 Å². The Morgan fingerprint density at radius 2 is 1.74 bits per heavy atom. The third-order valence-electron chi connectivity index (χ3n) is 6.88. The number of rotatable bonds is 7. The van der Waals surface area contributed by atoms with Gasteiger partial charge in [-0.3, -0.25) is 9.59 Å². The summed E-state index contributed by atoms with van der Waals surface area (Å²) in [6, 6.07) is 5.72.